The van der Waals surface area contributed by atoms with Gasteiger partial charge < -0.3 is 9.47 Å². The van der Waals surface area contributed by atoms with E-state index in [-0.39, 0.29) is 0 Å². The maximum absolute atomic E-state index is 5.38. The number of rotatable bonds is 8. The summed E-state index contributed by atoms with van der Waals surface area (Å²) < 4.78 is 10.7. The molecule has 0 saturated carbocycles. The predicted octanol–water partition coefficient (Wildman–Crippen LogP) is 4.48. The Bertz CT molecular complexity index is 385. The van der Waals surface area contributed by atoms with Crippen molar-refractivity contribution in [3.8, 4) is 11.5 Å². The van der Waals surface area contributed by atoms with E-state index in [0.717, 1.165) is 24.3 Å². The van der Waals surface area contributed by atoms with Crippen molar-refractivity contribution < 1.29 is 9.47 Å². The van der Waals surface area contributed by atoms with E-state index in [1.807, 2.05) is 12.1 Å². The third-order valence-electron chi connectivity index (χ3n) is 3.31. The largest absolute Gasteiger partial charge is 0.454 e. The van der Waals surface area contributed by atoms with E-state index in [9.17, 15) is 0 Å². The SMILES string of the molecule is C=CCCCCCCCc1ccc2c(c1)OCO2. The van der Waals surface area contributed by atoms with Crippen molar-refractivity contribution in [1.29, 1.82) is 0 Å². The molecule has 0 aromatic heterocycles. The molecule has 0 bridgehead atoms. The second-order valence-corrected chi connectivity index (χ2v) is 4.78. The lowest BCUT2D eigenvalue weighted by Gasteiger charge is -2.03. The monoisotopic (exact) mass is 246 g/mol. The molecule has 1 aliphatic heterocycles. The second kappa shape index (κ2) is 7.10. The molecule has 1 heterocycles. The van der Waals surface area contributed by atoms with Crippen molar-refractivity contribution in [1.82, 2.24) is 0 Å². The van der Waals surface area contributed by atoms with Crippen LogP contribution < -0.4 is 9.47 Å². The molecule has 98 valence electrons. The first-order chi connectivity index (χ1) is 8.90. The Balaban J connectivity index is 1.63. The van der Waals surface area contributed by atoms with Gasteiger partial charge in [0.2, 0.25) is 6.79 Å². The van der Waals surface area contributed by atoms with Gasteiger partial charge in [-0.3, -0.25) is 0 Å². The van der Waals surface area contributed by atoms with Gasteiger partial charge in [0.05, 0.1) is 0 Å². The smallest absolute Gasteiger partial charge is 0.231 e. The minimum atomic E-state index is 0.363. The van der Waals surface area contributed by atoms with E-state index in [2.05, 4.69) is 18.7 Å². The molecule has 1 aromatic rings. The zero-order valence-electron chi connectivity index (χ0n) is 11.0. The number of ether oxygens (including phenoxy) is 2. The van der Waals surface area contributed by atoms with Crippen LogP contribution in [0.2, 0.25) is 0 Å². The highest BCUT2D eigenvalue weighted by atomic mass is 16.7. The van der Waals surface area contributed by atoms with Crippen molar-refractivity contribution in [3.05, 3.63) is 36.4 Å². The van der Waals surface area contributed by atoms with Gasteiger partial charge in [-0.15, -0.1) is 6.58 Å². The van der Waals surface area contributed by atoms with Crippen LogP contribution in [0.5, 0.6) is 11.5 Å². The molecule has 0 fully saturated rings. The average Bonchev–Trinajstić information content (AvgIpc) is 2.85. The number of hydrogen-bond acceptors (Lipinski definition) is 2. The number of fused-ring (bicyclic) bond motifs is 1. The Morgan fingerprint density at radius 1 is 1.00 bits per heavy atom. The summed E-state index contributed by atoms with van der Waals surface area (Å²) in [6.07, 6.45) is 10.8. The highest BCUT2D eigenvalue weighted by molar-refractivity contribution is 5.44. The van der Waals surface area contributed by atoms with Gasteiger partial charge in [-0.2, -0.15) is 0 Å². The summed E-state index contributed by atoms with van der Waals surface area (Å²) in [6.45, 7) is 4.10. The summed E-state index contributed by atoms with van der Waals surface area (Å²) in [6, 6.07) is 6.27. The maximum Gasteiger partial charge on any atom is 0.231 e. The van der Waals surface area contributed by atoms with E-state index in [4.69, 9.17) is 9.47 Å². The molecule has 0 unspecified atom stereocenters. The molecule has 0 radical (unpaired) electrons. The van der Waals surface area contributed by atoms with Crippen LogP contribution in [0.3, 0.4) is 0 Å². The minimum Gasteiger partial charge on any atom is -0.454 e. The van der Waals surface area contributed by atoms with Crippen LogP contribution >= 0.6 is 0 Å². The van der Waals surface area contributed by atoms with Crippen molar-refractivity contribution in [3.63, 3.8) is 0 Å². The fourth-order valence-electron chi connectivity index (χ4n) is 2.24. The molecule has 2 rings (SSSR count). The van der Waals surface area contributed by atoms with Gasteiger partial charge in [-0.05, 0) is 43.4 Å². The average molecular weight is 246 g/mol. The third-order valence-corrected chi connectivity index (χ3v) is 3.31. The highest BCUT2D eigenvalue weighted by Gasteiger charge is 2.12. The molecule has 0 spiro atoms. The van der Waals surface area contributed by atoms with E-state index < -0.39 is 0 Å². The van der Waals surface area contributed by atoms with Crippen LogP contribution in [0.4, 0.5) is 0 Å². The Labute approximate surface area is 110 Å². The molecule has 1 aliphatic rings. The van der Waals surface area contributed by atoms with Gasteiger partial charge in [0.25, 0.3) is 0 Å². The standard InChI is InChI=1S/C16H22O2/c1-2-3-4-5-6-7-8-9-14-10-11-15-16(12-14)18-13-17-15/h2,10-12H,1,3-9,13H2. The zero-order valence-corrected chi connectivity index (χ0v) is 11.0. The first kappa shape index (κ1) is 13.0. The van der Waals surface area contributed by atoms with E-state index >= 15 is 0 Å². The first-order valence-electron chi connectivity index (χ1n) is 6.89. The number of hydrogen-bond donors (Lipinski definition) is 0. The molecular weight excluding hydrogens is 224 g/mol. The number of allylic oxidation sites excluding steroid dienone is 1. The van der Waals surface area contributed by atoms with Crippen LogP contribution in [0.15, 0.2) is 30.9 Å². The van der Waals surface area contributed by atoms with Gasteiger partial charge in [-0.1, -0.05) is 31.4 Å². The zero-order chi connectivity index (χ0) is 12.6. The number of benzene rings is 1. The molecule has 0 saturated heterocycles. The van der Waals surface area contributed by atoms with Gasteiger partial charge >= 0.3 is 0 Å². The summed E-state index contributed by atoms with van der Waals surface area (Å²) in [5, 5.41) is 0. The molecular formula is C16H22O2. The van der Waals surface area contributed by atoms with E-state index in [1.54, 1.807) is 0 Å². The molecule has 0 atom stereocenters. The molecule has 2 heteroatoms. The minimum absolute atomic E-state index is 0.363. The quantitative estimate of drug-likeness (QED) is 0.497. The van der Waals surface area contributed by atoms with Crippen molar-refractivity contribution >= 4 is 0 Å². The number of aryl methyl sites for hydroxylation is 1. The number of unbranched alkanes of at least 4 members (excludes halogenated alkanes) is 5. The fourth-order valence-corrected chi connectivity index (χ4v) is 2.24. The highest BCUT2D eigenvalue weighted by Crippen LogP contribution is 2.32. The summed E-state index contributed by atoms with van der Waals surface area (Å²) in [7, 11) is 0. The van der Waals surface area contributed by atoms with Crippen LogP contribution in [0.1, 0.15) is 44.1 Å². The lowest BCUT2D eigenvalue weighted by molar-refractivity contribution is 0.174. The molecule has 1 aromatic carbocycles. The van der Waals surface area contributed by atoms with Crippen molar-refractivity contribution in [2.24, 2.45) is 0 Å². The van der Waals surface area contributed by atoms with Crippen molar-refractivity contribution in [2.45, 2.75) is 44.9 Å². The molecule has 2 nitrogen and oxygen atoms in total. The summed E-state index contributed by atoms with van der Waals surface area (Å²) in [5.41, 5.74) is 1.35. The van der Waals surface area contributed by atoms with Crippen LogP contribution in [0.25, 0.3) is 0 Å². The molecule has 0 aliphatic carbocycles. The van der Waals surface area contributed by atoms with E-state index in [1.165, 1.54) is 37.7 Å². The van der Waals surface area contributed by atoms with Crippen molar-refractivity contribution in [2.75, 3.05) is 6.79 Å². The van der Waals surface area contributed by atoms with E-state index in [0.29, 0.717) is 6.79 Å². The Kier molecular flexibility index (Phi) is 5.13. The Hall–Kier alpha value is -1.44. The Morgan fingerprint density at radius 2 is 1.78 bits per heavy atom. The normalized spacial score (nSPS) is 12.7. The van der Waals surface area contributed by atoms with Gasteiger partial charge in [0, 0.05) is 0 Å². The van der Waals surface area contributed by atoms with Crippen LogP contribution in [-0.4, -0.2) is 6.79 Å². The predicted molar refractivity (Wildman–Crippen MR) is 74.2 cm³/mol. The Morgan fingerprint density at radius 3 is 2.67 bits per heavy atom. The second-order valence-electron chi connectivity index (χ2n) is 4.78. The molecule has 0 N–H and O–H groups in total. The van der Waals surface area contributed by atoms with Gasteiger partial charge in [0.1, 0.15) is 0 Å². The van der Waals surface area contributed by atoms with Crippen LogP contribution in [0, 0.1) is 0 Å². The topological polar surface area (TPSA) is 18.5 Å². The summed E-state index contributed by atoms with van der Waals surface area (Å²) >= 11 is 0. The summed E-state index contributed by atoms with van der Waals surface area (Å²) in [5.74, 6) is 1.78. The third kappa shape index (κ3) is 3.80. The summed E-state index contributed by atoms with van der Waals surface area (Å²) in [4.78, 5) is 0. The van der Waals surface area contributed by atoms with Gasteiger partial charge in [0.15, 0.2) is 11.5 Å². The lowest BCUT2D eigenvalue weighted by Crippen LogP contribution is -1.93. The fraction of sp³-hybridized carbons (Fsp3) is 0.500. The van der Waals surface area contributed by atoms with Crippen LogP contribution in [-0.2, 0) is 6.42 Å². The first-order valence-corrected chi connectivity index (χ1v) is 6.89. The molecule has 18 heavy (non-hydrogen) atoms. The molecule has 0 amide bonds. The van der Waals surface area contributed by atoms with Gasteiger partial charge in [-0.25, -0.2) is 0 Å². The lowest BCUT2D eigenvalue weighted by atomic mass is 10.0. The maximum atomic E-state index is 5.38.